The number of carbonyl (C=O) groups excluding carboxylic acids is 1. The summed E-state index contributed by atoms with van der Waals surface area (Å²) in [4.78, 5) is 12.4. The van der Waals surface area contributed by atoms with Gasteiger partial charge in [0.05, 0.1) is 19.3 Å². The lowest BCUT2D eigenvalue weighted by molar-refractivity contribution is -0.183. The average molecular weight is 346 g/mol. The van der Waals surface area contributed by atoms with Crippen LogP contribution in [-0.2, 0) is 14.3 Å². The van der Waals surface area contributed by atoms with Crippen molar-refractivity contribution in [1.82, 2.24) is 5.32 Å². The Bertz CT molecular complexity index is 652. The van der Waals surface area contributed by atoms with Crippen molar-refractivity contribution in [2.75, 3.05) is 13.2 Å². The normalized spacial score (nSPS) is 22.3. The Morgan fingerprint density at radius 1 is 1.24 bits per heavy atom. The molecule has 1 atom stereocenters. The van der Waals surface area contributed by atoms with E-state index in [2.05, 4.69) is 11.4 Å². The second-order valence-electron chi connectivity index (χ2n) is 7.01. The minimum Gasteiger partial charge on any atom is -0.348 e. The van der Waals surface area contributed by atoms with Gasteiger partial charge in [0.25, 0.3) is 0 Å². The fourth-order valence-corrected chi connectivity index (χ4v) is 3.61. The largest absolute Gasteiger partial charge is 0.348 e. The molecule has 3 rings (SSSR count). The van der Waals surface area contributed by atoms with Crippen LogP contribution in [0.4, 0.5) is 4.39 Å². The maximum atomic E-state index is 13.0. The highest BCUT2D eigenvalue weighted by atomic mass is 19.1. The molecule has 2 aliphatic rings. The number of ether oxygens (including phenoxy) is 2. The molecule has 1 aromatic rings. The molecule has 0 unspecified atom stereocenters. The molecule has 6 heteroatoms. The van der Waals surface area contributed by atoms with Crippen LogP contribution in [0.25, 0.3) is 0 Å². The van der Waals surface area contributed by atoms with Crippen molar-refractivity contribution < 1.29 is 18.7 Å². The minimum absolute atomic E-state index is 0.0484. The minimum atomic E-state index is -0.861. The van der Waals surface area contributed by atoms with Crippen LogP contribution in [0.15, 0.2) is 24.3 Å². The van der Waals surface area contributed by atoms with Crippen LogP contribution in [0.2, 0.25) is 0 Å². The monoisotopic (exact) mass is 346 g/mol. The summed E-state index contributed by atoms with van der Waals surface area (Å²) in [7, 11) is 0. The SMILES string of the molecule is C[C@H](CC(=O)NC1(C#N)CCC2(CC1)OCCO2)c1ccc(F)cc1. The summed E-state index contributed by atoms with van der Waals surface area (Å²) in [6.07, 6.45) is 2.50. The predicted octanol–water partition coefficient (Wildman–Crippen LogP) is 3.01. The van der Waals surface area contributed by atoms with E-state index in [4.69, 9.17) is 9.47 Å². The van der Waals surface area contributed by atoms with Gasteiger partial charge in [0.2, 0.25) is 5.91 Å². The summed E-state index contributed by atoms with van der Waals surface area (Å²) in [6, 6.07) is 8.44. The molecule has 1 aliphatic carbocycles. The van der Waals surface area contributed by atoms with E-state index in [0.29, 0.717) is 38.9 Å². The molecule has 2 fully saturated rings. The third kappa shape index (κ3) is 4.00. The predicted molar refractivity (Wildman–Crippen MR) is 89.0 cm³/mol. The Labute approximate surface area is 147 Å². The van der Waals surface area contributed by atoms with Crippen molar-refractivity contribution in [2.24, 2.45) is 0 Å². The molecule has 134 valence electrons. The fourth-order valence-electron chi connectivity index (χ4n) is 3.61. The molecular weight excluding hydrogens is 323 g/mol. The number of carbonyl (C=O) groups is 1. The molecule has 0 radical (unpaired) electrons. The maximum absolute atomic E-state index is 13.0. The van der Waals surface area contributed by atoms with Gasteiger partial charge < -0.3 is 14.8 Å². The molecule has 5 nitrogen and oxygen atoms in total. The lowest BCUT2D eigenvalue weighted by Gasteiger charge is -2.40. The van der Waals surface area contributed by atoms with Crippen molar-refractivity contribution in [3.05, 3.63) is 35.6 Å². The Kier molecular flexibility index (Phi) is 5.07. The highest BCUT2D eigenvalue weighted by Gasteiger charge is 2.47. The van der Waals surface area contributed by atoms with E-state index >= 15 is 0 Å². The quantitative estimate of drug-likeness (QED) is 0.910. The summed E-state index contributed by atoms with van der Waals surface area (Å²) in [5, 5.41) is 12.5. The Morgan fingerprint density at radius 3 is 2.40 bits per heavy atom. The number of hydrogen-bond donors (Lipinski definition) is 1. The second-order valence-corrected chi connectivity index (χ2v) is 7.01. The van der Waals surface area contributed by atoms with Crippen molar-refractivity contribution >= 4 is 5.91 Å². The van der Waals surface area contributed by atoms with Gasteiger partial charge in [-0.1, -0.05) is 19.1 Å². The molecule has 25 heavy (non-hydrogen) atoms. The van der Waals surface area contributed by atoms with Gasteiger partial charge in [-0.2, -0.15) is 5.26 Å². The van der Waals surface area contributed by atoms with E-state index in [1.807, 2.05) is 6.92 Å². The molecule has 1 heterocycles. The molecular formula is C19H23FN2O3. The van der Waals surface area contributed by atoms with Crippen LogP contribution in [0, 0.1) is 17.1 Å². The van der Waals surface area contributed by atoms with E-state index in [1.54, 1.807) is 12.1 Å². The molecule has 0 aromatic heterocycles. The lowest BCUT2D eigenvalue weighted by atomic mass is 9.79. The van der Waals surface area contributed by atoms with Gasteiger partial charge in [0.15, 0.2) is 5.79 Å². The topological polar surface area (TPSA) is 71.4 Å². The molecule has 1 N–H and O–H groups in total. The number of halogens is 1. The maximum Gasteiger partial charge on any atom is 0.221 e. The Morgan fingerprint density at radius 2 is 1.84 bits per heavy atom. The summed E-state index contributed by atoms with van der Waals surface area (Å²) < 4.78 is 24.4. The van der Waals surface area contributed by atoms with Crippen LogP contribution >= 0.6 is 0 Å². The summed E-state index contributed by atoms with van der Waals surface area (Å²) >= 11 is 0. The first-order chi connectivity index (χ1) is 12.0. The van der Waals surface area contributed by atoms with Crippen LogP contribution in [0.1, 0.15) is 50.5 Å². The van der Waals surface area contributed by atoms with Crippen molar-refractivity contribution in [2.45, 2.75) is 56.3 Å². The molecule has 1 amide bonds. The number of hydrogen-bond acceptors (Lipinski definition) is 4. The third-order valence-corrected chi connectivity index (χ3v) is 5.20. The number of nitrogens with one attached hydrogen (secondary N) is 1. The fraction of sp³-hybridized carbons (Fsp3) is 0.579. The molecule has 1 aromatic carbocycles. The number of amides is 1. The highest BCUT2D eigenvalue weighted by Crippen LogP contribution is 2.40. The van der Waals surface area contributed by atoms with Crippen LogP contribution < -0.4 is 5.32 Å². The Hall–Kier alpha value is -1.97. The summed E-state index contributed by atoms with van der Waals surface area (Å²) in [6.45, 7) is 3.09. The van der Waals surface area contributed by atoms with E-state index in [9.17, 15) is 14.4 Å². The number of nitriles is 1. The first-order valence-corrected chi connectivity index (χ1v) is 8.72. The molecule has 1 aliphatic heterocycles. The number of rotatable bonds is 4. The number of benzene rings is 1. The summed E-state index contributed by atoms with van der Waals surface area (Å²) in [5.41, 5.74) is 0.0399. The van der Waals surface area contributed by atoms with Gasteiger partial charge in [0.1, 0.15) is 11.4 Å². The zero-order chi connectivity index (χ0) is 17.9. The standard InChI is InChI=1S/C19H23FN2O3/c1-14(15-2-4-16(20)5-3-15)12-17(23)22-18(13-21)6-8-19(9-7-18)24-10-11-25-19/h2-5,14H,6-12H2,1H3,(H,22,23)/t14-/m1/s1. The van der Waals surface area contributed by atoms with Crippen molar-refractivity contribution in [3.63, 3.8) is 0 Å². The first-order valence-electron chi connectivity index (χ1n) is 8.72. The molecule has 1 saturated heterocycles. The first kappa shape index (κ1) is 17.8. The van der Waals surface area contributed by atoms with Gasteiger partial charge in [-0.05, 0) is 36.5 Å². The van der Waals surface area contributed by atoms with E-state index in [-0.39, 0.29) is 24.1 Å². The zero-order valence-electron chi connectivity index (χ0n) is 14.4. The van der Waals surface area contributed by atoms with E-state index < -0.39 is 11.3 Å². The van der Waals surface area contributed by atoms with Crippen molar-refractivity contribution in [3.8, 4) is 6.07 Å². The van der Waals surface area contributed by atoms with E-state index in [0.717, 1.165) is 5.56 Å². The van der Waals surface area contributed by atoms with Crippen LogP contribution in [-0.4, -0.2) is 30.4 Å². The molecule has 1 spiro atoms. The van der Waals surface area contributed by atoms with Gasteiger partial charge in [-0.15, -0.1) is 0 Å². The molecule has 0 bridgehead atoms. The Balaban J connectivity index is 1.57. The van der Waals surface area contributed by atoms with Gasteiger partial charge >= 0.3 is 0 Å². The number of nitrogens with zero attached hydrogens (tertiary/aromatic N) is 1. The second kappa shape index (κ2) is 7.11. The van der Waals surface area contributed by atoms with Gasteiger partial charge in [-0.3, -0.25) is 4.79 Å². The zero-order valence-corrected chi connectivity index (χ0v) is 14.4. The smallest absolute Gasteiger partial charge is 0.221 e. The molecule has 1 saturated carbocycles. The van der Waals surface area contributed by atoms with Crippen LogP contribution in [0.3, 0.4) is 0 Å². The highest BCUT2D eigenvalue weighted by molar-refractivity contribution is 5.78. The average Bonchev–Trinajstić information content (AvgIpc) is 3.06. The lowest BCUT2D eigenvalue weighted by Crippen LogP contribution is -2.53. The third-order valence-electron chi connectivity index (χ3n) is 5.20. The van der Waals surface area contributed by atoms with Gasteiger partial charge in [0, 0.05) is 19.3 Å². The van der Waals surface area contributed by atoms with Crippen molar-refractivity contribution in [1.29, 1.82) is 5.26 Å². The van der Waals surface area contributed by atoms with Gasteiger partial charge in [-0.25, -0.2) is 4.39 Å². The van der Waals surface area contributed by atoms with E-state index in [1.165, 1.54) is 12.1 Å². The summed E-state index contributed by atoms with van der Waals surface area (Å²) in [5.74, 6) is -1.07. The van der Waals surface area contributed by atoms with Crippen LogP contribution in [0.5, 0.6) is 0 Å².